The van der Waals surface area contributed by atoms with E-state index in [1.165, 1.54) is 45.1 Å². The molecule has 0 heterocycles. The van der Waals surface area contributed by atoms with Crippen molar-refractivity contribution in [3.63, 3.8) is 0 Å². The van der Waals surface area contributed by atoms with Gasteiger partial charge < -0.3 is 10.1 Å². The lowest BCUT2D eigenvalue weighted by Gasteiger charge is -2.16. The first kappa shape index (κ1) is 21.5. The van der Waals surface area contributed by atoms with E-state index in [9.17, 15) is 18.0 Å². The standard InChI is InChI=1S/C16H24N2O5S2/c1-11-6-7-13(25(21,22)18(3)4)10-14(11)17-16(20)12(2)24-9-8-15(19)23-5/h6-7,10,12H,8-9H2,1-5H3,(H,17,20)/t12-/m0/s1. The van der Waals surface area contributed by atoms with E-state index in [2.05, 4.69) is 10.1 Å². The van der Waals surface area contributed by atoms with Crippen molar-refractivity contribution in [2.75, 3.05) is 32.3 Å². The highest BCUT2D eigenvalue weighted by Gasteiger charge is 2.20. The molecule has 1 atom stereocenters. The van der Waals surface area contributed by atoms with Gasteiger partial charge in [-0.3, -0.25) is 9.59 Å². The Balaban J connectivity index is 2.81. The average molecular weight is 389 g/mol. The molecule has 1 rings (SSSR count). The number of anilines is 1. The molecule has 0 saturated heterocycles. The van der Waals surface area contributed by atoms with Gasteiger partial charge in [-0.05, 0) is 31.5 Å². The van der Waals surface area contributed by atoms with Crippen LogP contribution in [0.5, 0.6) is 0 Å². The molecule has 1 aromatic carbocycles. The van der Waals surface area contributed by atoms with E-state index >= 15 is 0 Å². The lowest BCUT2D eigenvalue weighted by atomic mass is 10.2. The second kappa shape index (κ2) is 9.21. The Labute approximate surface area is 153 Å². The van der Waals surface area contributed by atoms with E-state index in [1.54, 1.807) is 19.9 Å². The molecule has 0 bridgehead atoms. The Morgan fingerprint density at radius 1 is 1.32 bits per heavy atom. The minimum Gasteiger partial charge on any atom is -0.469 e. The summed E-state index contributed by atoms with van der Waals surface area (Å²) in [5, 5.41) is 2.36. The summed E-state index contributed by atoms with van der Waals surface area (Å²) in [6.45, 7) is 3.52. The van der Waals surface area contributed by atoms with Gasteiger partial charge in [0.05, 0.1) is 23.7 Å². The number of hydrogen-bond donors (Lipinski definition) is 1. The number of nitrogens with zero attached hydrogens (tertiary/aromatic N) is 1. The molecule has 1 amide bonds. The number of carbonyl (C=O) groups is 2. The Morgan fingerprint density at radius 2 is 1.96 bits per heavy atom. The number of methoxy groups -OCH3 is 1. The predicted molar refractivity (Wildman–Crippen MR) is 99.2 cm³/mol. The van der Waals surface area contributed by atoms with Crippen LogP contribution in [0, 0.1) is 6.92 Å². The van der Waals surface area contributed by atoms with E-state index in [4.69, 9.17) is 0 Å². The first-order valence-corrected chi connectivity index (χ1v) is 10.1. The third-order valence-corrected chi connectivity index (χ3v) is 6.48. The van der Waals surface area contributed by atoms with E-state index in [0.717, 1.165) is 9.87 Å². The molecular formula is C16H24N2O5S2. The van der Waals surface area contributed by atoms with Gasteiger partial charge in [-0.2, -0.15) is 0 Å². The number of esters is 1. The number of benzene rings is 1. The lowest BCUT2D eigenvalue weighted by molar-refractivity contribution is -0.140. The van der Waals surface area contributed by atoms with E-state index < -0.39 is 15.3 Å². The van der Waals surface area contributed by atoms with E-state index in [-0.39, 0.29) is 23.2 Å². The van der Waals surface area contributed by atoms with Crippen LogP contribution in [0.3, 0.4) is 0 Å². The van der Waals surface area contributed by atoms with Gasteiger partial charge in [-0.15, -0.1) is 11.8 Å². The van der Waals surface area contributed by atoms with Crippen molar-refractivity contribution < 1.29 is 22.7 Å². The number of hydrogen-bond acceptors (Lipinski definition) is 6. The van der Waals surface area contributed by atoms with Crippen molar-refractivity contribution >= 4 is 39.3 Å². The highest BCUT2D eigenvalue weighted by molar-refractivity contribution is 8.00. The molecule has 0 aliphatic heterocycles. The van der Waals surface area contributed by atoms with Gasteiger partial charge in [0.1, 0.15) is 0 Å². The normalized spacial score (nSPS) is 12.7. The number of aryl methyl sites for hydroxylation is 1. The van der Waals surface area contributed by atoms with Crippen LogP contribution in [0.25, 0.3) is 0 Å². The molecule has 0 fully saturated rings. The van der Waals surface area contributed by atoms with Crippen molar-refractivity contribution in [2.45, 2.75) is 30.4 Å². The zero-order valence-corrected chi connectivity index (χ0v) is 16.7. The Morgan fingerprint density at radius 3 is 2.52 bits per heavy atom. The van der Waals surface area contributed by atoms with Gasteiger partial charge in [0.25, 0.3) is 0 Å². The van der Waals surface area contributed by atoms with Crippen molar-refractivity contribution in [2.24, 2.45) is 0 Å². The molecular weight excluding hydrogens is 364 g/mol. The van der Waals surface area contributed by atoms with Crippen LogP contribution in [-0.2, 0) is 24.3 Å². The number of amides is 1. The first-order chi connectivity index (χ1) is 11.6. The topological polar surface area (TPSA) is 92.8 Å². The van der Waals surface area contributed by atoms with Crippen LogP contribution < -0.4 is 5.32 Å². The molecule has 1 aromatic rings. The largest absolute Gasteiger partial charge is 0.469 e. The molecule has 0 radical (unpaired) electrons. The number of carbonyl (C=O) groups excluding carboxylic acids is 2. The minimum absolute atomic E-state index is 0.115. The quantitative estimate of drug-likeness (QED) is 0.684. The molecule has 0 spiro atoms. The average Bonchev–Trinajstić information content (AvgIpc) is 2.55. The lowest BCUT2D eigenvalue weighted by Crippen LogP contribution is -2.25. The monoisotopic (exact) mass is 388 g/mol. The fraction of sp³-hybridized carbons (Fsp3) is 0.500. The van der Waals surface area contributed by atoms with Crippen molar-refractivity contribution in [1.29, 1.82) is 0 Å². The van der Waals surface area contributed by atoms with Crippen LogP contribution in [0.15, 0.2) is 23.1 Å². The molecule has 25 heavy (non-hydrogen) atoms. The number of ether oxygens (including phenoxy) is 1. The molecule has 0 unspecified atom stereocenters. The summed E-state index contributed by atoms with van der Waals surface area (Å²) in [7, 11) is 0.650. The SMILES string of the molecule is COC(=O)CCS[C@@H](C)C(=O)Nc1cc(S(=O)(=O)N(C)C)ccc1C. The fourth-order valence-corrected chi connectivity index (χ4v) is 3.62. The Hall–Kier alpha value is -1.58. The molecule has 0 aliphatic rings. The van der Waals surface area contributed by atoms with E-state index in [0.29, 0.717) is 11.4 Å². The number of rotatable bonds is 8. The second-order valence-electron chi connectivity index (χ2n) is 5.59. The molecule has 0 aliphatic carbocycles. The molecule has 7 nitrogen and oxygen atoms in total. The fourth-order valence-electron chi connectivity index (χ4n) is 1.84. The van der Waals surface area contributed by atoms with Crippen molar-refractivity contribution in [1.82, 2.24) is 4.31 Å². The van der Waals surface area contributed by atoms with Crippen LogP contribution >= 0.6 is 11.8 Å². The van der Waals surface area contributed by atoms with Gasteiger partial charge in [0.2, 0.25) is 15.9 Å². The summed E-state index contributed by atoms with van der Waals surface area (Å²) in [6, 6.07) is 4.62. The van der Waals surface area contributed by atoms with Gasteiger partial charge in [0, 0.05) is 25.5 Å². The third-order valence-electron chi connectivity index (χ3n) is 3.52. The highest BCUT2D eigenvalue weighted by Crippen LogP contribution is 2.23. The predicted octanol–water partition coefficient (Wildman–Crippen LogP) is 1.87. The Kier molecular flexibility index (Phi) is 7.91. The zero-order chi connectivity index (χ0) is 19.2. The summed E-state index contributed by atoms with van der Waals surface area (Å²) < 4.78 is 30.1. The van der Waals surface area contributed by atoms with Crippen LogP contribution in [0.2, 0.25) is 0 Å². The highest BCUT2D eigenvalue weighted by atomic mass is 32.2. The summed E-state index contributed by atoms with van der Waals surface area (Å²) in [4.78, 5) is 23.5. The number of sulfonamides is 1. The zero-order valence-electron chi connectivity index (χ0n) is 15.0. The maximum Gasteiger partial charge on any atom is 0.306 e. The van der Waals surface area contributed by atoms with Crippen LogP contribution in [-0.4, -0.2) is 56.8 Å². The number of nitrogens with one attached hydrogen (secondary N) is 1. The van der Waals surface area contributed by atoms with Gasteiger partial charge in [0.15, 0.2) is 0 Å². The van der Waals surface area contributed by atoms with Crippen molar-refractivity contribution in [3.05, 3.63) is 23.8 Å². The number of thioether (sulfide) groups is 1. The molecule has 1 N–H and O–H groups in total. The van der Waals surface area contributed by atoms with Gasteiger partial charge >= 0.3 is 5.97 Å². The Bertz CT molecular complexity index is 732. The van der Waals surface area contributed by atoms with Crippen molar-refractivity contribution in [3.8, 4) is 0 Å². The summed E-state index contributed by atoms with van der Waals surface area (Å²) >= 11 is 1.33. The summed E-state index contributed by atoms with van der Waals surface area (Å²) in [6.07, 6.45) is 0.231. The van der Waals surface area contributed by atoms with Gasteiger partial charge in [-0.25, -0.2) is 12.7 Å². The smallest absolute Gasteiger partial charge is 0.306 e. The van der Waals surface area contributed by atoms with Crippen LogP contribution in [0.1, 0.15) is 18.9 Å². The third kappa shape index (κ3) is 6.02. The van der Waals surface area contributed by atoms with E-state index in [1.807, 2.05) is 0 Å². The van der Waals surface area contributed by atoms with Gasteiger partial charge in [-0.1, -0.05) is 6.07 Å². The molecule has 0 aromatic heterocycles. The molecule has 140 valence electrons. The maximum absolute atomic E-state index is 12.3. The first-order valence-electron chi connectivity index (χ1n) is 7.62. The second-order valence-corrected chi connectivity index (χ2v) is 9.19. The van der Waals surface area contributed by atoms with Crippen LogP contribution in [0.4, 0.5) is 5.69 Å². The molecule has 0 saturated carbocycles. The molecule has 9 heteroatoms. The minimum atomic E-state index is -3.57. The summed E-state index contributed by atoms with van der Waals surface area (Å²) in [5.41, 5.74) is 1.21. The summed E-state index contributed by atoms with van der Waals surface area (Å²) in [5.74, 6) is -0.107. The maximum atomic E-state index is 12.3.